The fraction of sp³-hybridized carbons (Fsp3) is 0.167. The van der Waals surface area contributed by atoms with Gasteiger partial charge in [0.1, 0.15) is 23.2 Å². The Hall–Kier alpha value is -1.23. The minimum atomic E-state index is -0.938. The van der Waals surface area contributed by atoms with E-state index in [4.69, 9.17) is 4.42 Å². The zero-order valence-electron chi connectivity index (χ0n) is 8.81. The average molecular weight is 305 g/mol. The van der Waals surface area contributed by atoms with Gasteiger partial charge in [-0.25, -0.2) is 13.2 Å². The third kappa shape index (κ3) is 2.39. The van der Waals surface area contributed by atoms with Crippen molar-refractivity contribution in [1.82, 2.24) is 0 Å². The molecule has 1 aromatic heterocycles. The van der Waals surface area contributed by atoms with E-state index >= 15 is 0 Å². The van der Waals surface area contributed by atoms with Crippen molar-refractivity contribution >= 4 is 15.9 Å². The summed E-state index contributed by atoms with van der Waals surface area (Å²) in [6, 6.07) is 2.96. The first-order valence-corrected chi connectivity index (χ1v) is 5.74. The molecule has 1 nitrogen and oxygen atoms in total. The first-order chi connectivity index (χ1) is 7.99. The quantitative estimate of drug-likeness (QED) is 0.745. The van der Waals surface area contributed by atoms with E-state index in [1.54, 1.807) is 13.0 Å². The predicted molar refractivity (Wildman–Crippen MR) is 60.5 cm³/mol. The molecule has 0 saturated carbocycles. The summed E-state index contributed by atoms with van der Waals surface area (Å²) in [5.41, 5.74) is 0.346. The maximum atomic E-state index is 13.5. The van der Waals surface area contributed by atoms with Gasteiger partial charge in [-0.3, -0.25) is 0 Å². The minimum absolute atomic E-state index is 0.229. The number of halogens is 4. The van der Waals surface area contributed by atoms with Gasteiger partial charge < -0.3 is 4.42 Å². The third-order valence-electron chi connectivity index (χ3n) is 2.34. The van der Waals surface area contributed by atoms with Crippen LogP contribution < -0.4 is 0 Å². The molecule has 0 N–H and O–H groups in total. The van der Waals surface area contributed by atoms with Crippen LogP contribution in [0, 0.1) is 24.4 Å². The van der Waals surface area contributed by atoms with Gasteiger partial charge in [0.25, 0.3) is 0 Å². The summed E-state index contributed by atoms with van der Waals surface area (Å²) in [4.78, 5) is -0.708. The second-order valence-electron chi connectivity index (χ2n) is 3.64. The lowest BCUT2D eigenvalue weighted by Crippen LogP contribution is -2.01. The summed E-state index contributed by atoms with van der Waals surface area (Å²) in [6.07, 6.45) is 1.40. The zero-order chi connectivity index (χ0) is 12.6. The smallest absolute Gasteiger partial charge is 0.133 e. The van der Waals surface area contributed by atoms with Gasteiger partial charge in [-0.15, -0.1) is 0 Å². The third-order valence-corrected chi connectivity index (χ3v) is 3.33. The molecule has 0 aliphatic carbocycles. The van der Waals surface area contributed by atoms with Crippen molar-refractivity contribution in [2.45, 2.75) is 11.8 Å². The number of furan rings is 1. The highest BCUT2D eigenvalue weighted by molar-refractivity contribution is 9.09. The van der Waals surface area contributed by atoms with Crippen LogP contribution in [0.5, 0.6) is 0 Å². The summed E-state index contributed by atoms with van der Waals surface area (Å²) in [5, 5.41) is 0. The van der Waals surface area contributed by atoms with Crippen LogP contribution in [-0.4, -0.2) is 0 Å². The molecule has 2 rings (SSSR count). The van der Waals surface area contributed by atoms with Crippen LogP contribution in [0.25, 0.3) is 0 Å². The highest BCUT2D eigenvalue weighted by atomic mass is 79.9. The van der Waals surface area contributed by atoms with E-state index in [2.05, 4.69) is 15.9 Å². The van der Waals surface area contributed by atoms with Gasteiger partial charge in [0.05, 0.1) is 11.1 Å². The molecule has 0 radical (unpaired) electrons. The van der Waals surface area contributed by atoms with Crippen molar-refractivity contribution in [3.05, 3.63) is 58.8 Å². The van der Waals surface area contributed by atoms with Crippen LogP contribution in [-0.2, 0) is 0 Å². The molecule has 0 aliphatic heterocycles. The highest BCUT2D eigenvalue weighted by Crippen LogP contribution is 2.35. The number of benzene rings is 1. The van der Waals surface area contributed by atoms with Gasteiger partial charge in [-0.05, 0) is 13.0 Å². The molecule has 2 aromatic rings. The van der Waals surface area contributed by atoms with E-state index in [1.807, 2.05) is 0 Å². The van der Waals surface area contributed by atoms with Crippen molar-refractivity contribution in [2.75, 3.05) is 0 Å². The first kappa shape index (κ1) is 12.2. The Morgan fingerprint density at radius 1 is 1.12 bits per heavy atom. The van der Waals surface area contributed by atoms with E-state index in [9.17, 15) is 13.2 Å². The number of alkyl halides is 1. The van der Waals surface area contributed by atoms with Gasteiger partial charge >= 0.3 is 0 Å². The molecule has 0 amide bonds. The minimum Gasteiger partial charge on any atom is -0.469 e. The van der Waals surface area contributed by atoms with Crippen LogP contribution in [0.4, 0.5) is 13.2 Å². The number of hydrogen-bond donors (Lipinski definition) is 0. The monoisotopic (exact) mass is 304 g/mol. The Morgan fingerprint density at radius 2 is 1.71 bits per heavy atom. The molecule has 1 atom stereocenters. The molecule has 0 spiro atoms. The SMILES string of the molecule is Cc1cc(C(Br)c2c(F)cc(F)cc2F)co1. The first-order valence-electron chi connectivity index (χ1n) is 4.82. The highest BCUT2D eigenvalue weighted by Gasteiger charge is 2.21. The van der Waals surface area contributed by atoms with Crippen LogP contribution >= 0.6 is 15.9 Å². The Balaban J connectivity index is 2.47. The van der Waals surface area contributed by atoms with Crippen molar-refractivity contribution < 1.29 is 17.6 Å². The van der Waals surface area contributed by atoms with Gasteiger partial charge in [0.2, 0.25) is 0 Å². The summed E-state index contributed by atoms with van der Waals surface area (Å²) < 4.78 is 44.9. The van der Waals surface area contributed by atoms with Crippen LogP contribution in [0.1, 0.15) is 21.7 Å². The van der Waals surface area contributed by atoms with E-state index in [0.717, 1.165) is 0 Å². The molecule has 0 fully saturated rings. The average Bonchev–Trinajstić information content (AvgIpc) is 2.63. The van der Waals surface area contributed by atoms with E-state index in [-0.39, 0.29) is 5.56 Å². The van der Waals surface area contributed by atoms with Gasteiger partial charge in [-0.2, -0.15) is 0 Å². The van der Waals surface area contributed by atoms with Crippen molar-refractivity contribution in [3.8, 4) is 0 Å². The Labute approximate surface area is 104 Å². The number of aryl methyl sites for hydroxylation is 1. The molecule has 0 bridgehead atoms. The molecule has 0 saturated heterocycles. The molecule has 90 valence electrons. The van der Waals surface area contributed by atoms with Crippen LogP contribution in [0.3, 0.4) is 0 Å². The molecule has 17 heavy (non-hydrogen) atoms. The lowest BCUT2D eigenvalue weighted by molar-refractivity contribution is 0.523. The standard InChI is InChI=1S/C12H8BrF3O/c1-6-2-7(5-17-6)12(13)11-9(15)3-8(14)4-10(11)16/h2-5,12H,1H3. The molecule has 0 aliphatic rings. The van der Waals surface area contributed by atoms with E-state index < -0.39 is 22.3 Å². The maximum Gasteiger partial charge on any atom is 0.133 e. The van der Waals surface area contributed by atoms with Crippen LogP contribution in [0.2, 0.25) is 0 Å². The summed E-state index contributed by atoms with van der Waals surface area (Å²) >= 11 is 3.17. The Kier molecular flexibility index (Phi) is 3.28. The Bertz CT molecular complexity index is 527. The molecule has 1 aromatic carbocycles. The van der Waals surface area contributed by atoms with Gasteiger partial charge in [0, 0.05) is 23.3 Å². The molecule has 1 heterocycles. The summed E-state index contributed by atoms with van der Waals surface area (Å²) in [7, 11) is 0. The Morgan fingerprint density at radius 3 is 2.18 bits per heavy atom. The van der Waals surface area contributed by atoms with Crippen LogP contribution in [0.15, 0.2) is 28.9 Å². The van der Waals surface area contributed by atoms with E-state index in [1.165, 1.54) is 6.26 Å². The van der Waals surface area contributed by atoms with E-state index in [0.29, 0.717) is 23.5 Å². The predicted octanol–water partition coefficient (Wildman–Crippen LogP) is 4.49. The number of rotatable bonds is 2. The maximum absolute atomic E-state index is 13.5. The summed E-state index contributed by atoms with van der Waals surface area (Å²) in [5.74, 6) is -2.16. The van der Waals surface area contributed by atoms with Gasteiger partial charge in [0.15, 0.2) is 0 Å². The molecular weight excluding hydrogens is 297 g/mol. The fourth-order valence-corrected chi connectivity index (χ4v) is 2.24. The second kappa shape index (κ2) is 4.56. The fourth-order valence-electron chi connectivity index (χ4n) is 1.56. The molecule has 1 unspecified atom stereocenters. The largest absolute Gasteiger partial charge is 0.469 e. The van der Waals surface area contributed by atoms with Crippen molar-refractivity contribution in [3.63, 3.8) is 0 Å². The van der Waals surface area contributed by atoms with Gasteiger partial charge in [-0.1, -0.05) is 15.9 Å². The lowest BCUT2D eigenvalue weighted by Gasteiger charge is -2.10. The topological polar surface area (TPSA) is 13.1 Å². The van der Waals surface area contributed by atoms with Crippen molar-refractivity contribution in [2.24, 2.45) is 0 Å². The lowest BCUT2D eigenvalue weighted by atomic mass is 10.1. The zero-order valence-corrected chi connectivity index (χ0v) is 10.4. The second-order valence-corrected chi connectivity index (χ2v) is 4.55. The summed E-state index contributed by atoms with van der Waals surface area (Å²) in [6.45, 7) is 1.72. The van der Waals surface area contributed by atoms with Crippen molar-refractivity contribution in [1.29, 1.82) is 0 Å². The molecular formula is C12H8BrF3O. The molecule has 5 heteroatoms. The normalized spacial score (nSPS) is 12.8. The number of hydrogen-bond acceptors (Lipinski definition) is 1.